The number of aliphatic hydroxyl groups is 4. The Hall–Kier alpha value is -0.950. The summed E-state index contributed by atoms with van der Waals surface area (Å²) in [5.74, 6) is -0.593. The Bertz CT molecular complexity index is 776. The molecule has 0 aliphatic heterocycles. The molecule has 1 amide bonds. The van der Waals surface area contributed by atoms with E-state index in [1.807, 2.05) is 0 Å². The van der Waals surface area contributed by atoms with Gasteiger partial charge in [0.15, 0.2) is 0 Å². The van der Waals surface area contributed by atoms with Gasteiger partial charge in [0.1, 0.15) is 12.2 Å². The molecule has 4 atom stereocenters. The maximum Gasteiger partial charge on any atom is 0.249 e. The number of rotatable bonds is 44. The first-order chi connectivity index (χ1) is 26.5. The Kier molecular flexibility index (Phi) is 42.4. The Balaban J connectivity index is 3.48. The van der Waals surface area contributed by atoms with Crippen LogP contribution in [0.3, 0.4) is 0 Å². The molecule has 6 heteroatoms. The van der Waals surface area contributed by atoms with E-state index in [2.05, 4.69) is 31.3 Å². The highest BCUT2D eigenvalue weighted by molar-refractivity contribution is 5.80. The molecule has 0 bridgehead atoms. The van der Waals surface area contributed by atoms with Crippen LogP contribution >= 0.6 is 0 Å². The summed E-state index contributed by atoms with van der Waals surface area (Å²) < 4.78 is 0. The third-order valence-electron chi connectivity index (χ3n) is 11.5. The SMILES string of the molecule is CCCC/C=C/CCCC(O)C(O)C(CO)NC(=O)C(O)CCCCCCCCCCCCCCCCCCCCCCCCCCCCCCCCC. The number of unbranched alkanes of at least 4 members (excludes halogenated alkanes) is 33. The molecule has 0 saturated heterocycles. The Morgan fingerprint density at radius 2 is 0.759 bits per heavy atom. The minimum absolute atomic E-state index is 0.368. The lowest BCUT2D eigenvalue weighted by Gasteiger charge is -2.27. The van der Waals surface area contributed by atoms with Gasteiger partial charge >= 0.3 is 0 Å². The van der Waals surface area contributed by atoms with Crippen LogP contribution in [0.1, 0.15) is 258 Å². The second kappa shape index (κ2) is 43.2. The highest BCUT2D eigenvalue weighted by atomic mass is 16.3. The third-order valence-corrected chi connectivity index (χ3v) is 11.5. The van der Waals surface area contributed by atoms with E-state index in [9.17, 15) is 25.2 Å². The molecule has 0 rings (SSSR count). The second-order valence-electron chi connectivity index (χ2n) is 16.8. The zero-order chi connectivity index (χ0) is 39.6. The summed E-state index contributed by atoms with van der Waals surface area (Å²) in [6.45, 7) is 3.96. The van der Waals surface area contributed by atoms with Crippen LogP contribution in [0.4, 0.5) is 0 Å². The largest absolute Gasteiger partial charge is 0.394 e. The lowest BCUT2D eigenvalue weighted by Crippen LogP contribution is -2.53. The lowest BCUT2D eigenvalue weighted by molar-refractivity contribution is -0.132. The van der Waals surface area contributed by atoms with Crippen LogP contribution in [0.2, 0.25) is 0 Å². The first-order valence-corrected chi connectivity index (χ1v) is 24.1. The first kappa shape index (κ1) is 53.0. The van der Waals surface area contributed by atoms with Crippen molar-refractivity contribution in [3.05, 3.63) is 12.2 Å². The number of carbonyl (C=O) groups excluding carboxylic acids is 1. The summed E-state index contributed by atoms with van der Waals surface area (Å²) in [5, 5.41) is 43.3. The zero-order valence-corrected chi connectivity index (χ0v) is 36.2. The van der Waals surface area contributed by atoms with Crippen LogP contribution in [0.25, 0.3) is 0 Å². The van der Waals surface area contributed by atoms with Gasteiger partial charge in [-0.15, -0.1) is 0 Å². The maximum absolute atomic E-state index is 12.4. The van der Waals surface area contributed by atoms with Gasteiger partial charge in [-0.1, -0.05) is 238 Å². The molecule has 0 radical (unpaired) electrons. The summed E-state index contributed by atoms with van der Waals surface area (Å²) in [4.78, 5) is 12.4. The van der Waals surface area contributed by atoms with Gasteiger partial charge < -0.3 is 25.7 Å². The normalized spacial score (nSPS) is 14.1. The molecule has 0 aromatic rings. The highest BCUT2D eigenvalue weighted by Gasteiger charge is 2.28. The van der Waals surface area contributed by atoms with Crippen LogP contribution in [-0.2, 0) is 4.79 Å². The van der Waals surface area contributed by atoms with E-state index in [1.165, 1.54) is 186 Å². The molecule has 0 aromatic heterocycles. The predicted molar refractivity (Wildman–Crippen MR) is 233 cm³/mol. The van der Waals surface area contributed by atoms with Gasteiger partial charge in [-0.2, -0.15) is 0 Å². The average Bonchev–Trinajstić information content (AvgIpc) is 3.18. The number of hydrogen-bond donors (Lipinski definition) is 5. The van der Waals surface area contributed by atoms with E-state index in [1.54, 1.807) is 0 Å². The molecule has 322 valence electrons. The van der Waals surface area contributed by atoms with E-state index >= 15 is 0 Å². The van der Waals surface area contributed by atoms with Gasteiger partial charge in [-0.05, 0) is 32.1 Å². The van der Waals surface area contributed by atoms with Crippen molar-refractivity contribution in [1.82, 2.24) is 5.32 Å². The molecule has 4 unspecified atom stereocenters. The number of hydrogen-bond acceptors (Lipinski definition) is 5. The topological polar surface area (TPSA) is 110 Å². The molecule has 0 spiro atoms. The van der Waals surface area contributed by atoms with Crippen LogP contribution in [0, 0.1) is 0 Å². The predicted octanol–water partition coefficient (Wildman–Crippen LogP) is 13.0. The number of carbonyl (C=O) groups is 1. The summed E-state index contributed by atoms with van der Waals surface area (Å²) in [5.41, 5.74) is 0. The smallest absolute Gasteiger partial charge is 0.249 e. The number of nitrogens with one attached hydrogen (secondary N) is 1. The Morgan fingerprint density at radius 3 is 1.09 bits per heavy atom. The molecule has 5 N–H and O–H groups in total. The fraction of sp³-hybridized carbons (Fsp3) is 0.938. The van der Waals surface area contributed by atoms with Gasteiger partial charge in [-0.25, -0.2) is 0 Å². The Labute approximate surface area is 336 Å². The summed E-state index contributed by atoms with van der Waals surface area (Å²) in [6.07, 6.45) is 48.9. The first-order valence-electron chi connectivity index (χ1n) is 24.1. The Morgan fingerprint density at radius 1 is 0.444 bits per heavy atom. The molecule has 0 aromatic carbocycles. The van der Waals surface area contributed by atoms with Crippen molar-refractivity contribution in [3.8, 4) is 0 Å². The molecule has 0 saturated carbocycles. The van der Waals surface area contributed by atoms with Crippen molar-refractivity contribution in [2.24, 2.45) is 0 Å². The van der Waals surface area contributed by atoms with Gasteiger partial charge in [0.2, 0.25) is 5.91 Å². The lowest BCUT2D eigenvalue weighted by atomic mass is 10.00. The van der Waals surface area contributed by atoms with Crippen molar-refractivity contribution in [3.63, 3.8) is 0 Å². The zero-order valence-electron chi connectivity index (χ0n) is 36.2. The van der Waals surface area contributed by atoms with Crippen molar-refractivity contribution in [2.45, 2.75) is 282 Å². The molecule has 0 aliphatic carbocycles. The summed E-state index contributed by atoms with van der Waals surface area (Å²) in [7, 11) is 0. The fourth-order valence-electron chi connectivity index (χ4n) is 7.63. The van der Waals surface area contributed by atoms with Gasteiger partial charge in [0, 0.05) is 0 Å². The van der Waals surface area contributed by atoms with Crippen molar-refractivity contribution in [1.29, 1.82) is 0 Å². The van der Waals surface area contributed by atoms with Gasteiger partial charge in [-0.3, -0.25) is 4.79 Å². The van der Waals surface area contributed by atoms with E-state index in [-0.39, 0.29) is 0 Å². The molecular formula is C48H95NO5. The van der Waals surface area contributed by atoms with E-state index in [0.29, 0.717) is 12.8 Å². The molecule has 0 heterocycles. The van der Waals surface area contributed by atoms with E-state index in [4.69, 9.17) is 0 Å². The quantitative estimate of drug-likeness (QED) is 0.0313. The highest BCUT2D eigenvalue weighted by Crippen LogP contribution is 2.17. The minimum Gasteiger partial charge on any atom is -0.394 e. The standard InChI is InChI=1S/C48H95NO5/c1-3-5-7-9-11-12-13-14-15-16-17-18-19-20-21-22-23-24-25-26-27-28-29-30-31-32-33-34-36-38-40-42-46(52)48(54)49-44(43-50)47(53)45(51)41-39-37-35-10-8-6-4-2/h10,35,44-47,50-53H,3-9,11-34,36-43H2,1-2H3,(H,49,54)/b35-10+. The van der Waals surface area contributed by atoms with Gasteiger partial charge in [0.05, 0.1) is 18.8 Å². The van der Waals surface area contributed by atoms with Crippen molar-refractivity contribution < 1.29 is 25.2 Å². The summed E-state index contributed by atoms with van der Waals surface area (Å²) in [6, 6.07) is -0.995. The van der Waals surface area contributed by atoms with Crippen molar-refractivity contribution in [2.75, 3.05) is 6.61 Å². The van der Waals surface area contributed by atoms with Gasteiger partial charge in [0.25, 0.3) is 0 Å². The average molecular weight is 766 g/mol. The number of amides is 1. The second-order valence-corrected chi connectivity index (χ2v) is 16.8. The van der Waals surface area contributed by atoms with Crippen LogP contribution in [0.15, 0.2) is 12.2 Å². The summed E-state index contributed by atoms with van der Waals surface area (Å²) >= 11 is 0. The van der Waals surface area contributed by atoms with Crippen LogP contribution in [-0.4, -0.2) is 57.3 Å². The molecule has 6 nitrogen and oxygen atoms in total. The fourth-order valence-corrected chi connectivity index (χ4v) is 7.63. The number of aliphatic hydroxyl groups excluding tert-OH is 4. The molecular weight excluding hydrogens is 671 g/mol. The number of allylic oxidation sites excluding steroid dienone is 2. The van der Waals surface area contributed by atoms with E-state index in [0.717, 1.165) is 44.9 Å². The monoisotopic (exact) mass is 766 g/mol. The van der Waals surface area contributed by atoms with E-state index < -0.39 is 36.9 Å². The third kappa shape index (κ3) is 36.7. The molecule has 54 heavy (non-hydrogen) atoms. The van der Waals surface area contributed by atoms with Crippen molar-refractivity contribution >= 4 is 5.91 Å². The minimum atomic E-state index is -1.27. The van der Waals surface area contributed by atoms with Crippen LogP contribution in [0.5, 0.6) is 0 Å². The molecule has 0 fully saturated rings. The maximum atomic E-state index is 12.4. The molecule has 0 aliphatic rings. The van der Waals surface area contributed by atoms with Crippen LogP contribution < -0.4 is 5.32 Å².